The lowest BCUT2D eigenvalue weighted by Gasteiger charge is -2.11. The molecule has 0 bridgehead atoms. The minimum atomic E-state index is -3.75. The normalized spacial score (nSPS) is 14.8. The molecule has 2 aromatic rings. The Hall–Kier alpha value is -2.74. The van der Waals surface area contributed by atoms with Crippen molar-refractivity contribution in [3.63, 3.8) is 0 Å². The maximum absolute atomic E-state index is 12.6. The van der Waals surface area contributed by atoms with Crippen molar-refractivity contribution in [1.82, 2.24) is 9.71 Å². The first-order chi connectivity index (χ1) is 12.5. The molecule has 7 nitrogen and oxygen atoms in total. The van der Waals surface area contributed by atoms with Crippen molar-refractivity contribution in [3.05, 3.63) is 54.4 Å². The molecule has 1 aromatic carbocycles. The van der Waals surface area contributed by atoms with Crippen LogP contribution in [0, 0.1) is 0 Å². The number of nitrogens with one attached hydrogen (secondary N) is 2. The van der Waals surface area contributed by atoms with E-state index in [1.54, 1.807) is 30.3 Å². The lowest BCUT2D eigenvalue weighted by molar-refractivity contribution is 0.102. The number of nitrogens with zero attached hydrogens (tertiary/aromatic N) is 2. The van der Waals surface area contributed by atoms with Crippen molar-refractivity contribution in [2.75, 3.05) is 11.9 Å². The van der Waals surface area contributed by atoms with Crippen molar-refractivity contribution in [3.8, 4) is 0 Å². The monoisotopic (exact) mass is 372 g/mol. The fourth-order valence-electron chi connectivity index (χ4n) is 2.60. The summed E-state index contributed by atoms with van der Waals surface area (Å²) in [6.07, 6.45) is 5.08. The van der Waals surface area contributed by atoms with E-state index in [0.29, 0.717) is 24.5 Å². The second kappa shape index (κ2) is 8.09. The summed E-state index contributed by atoms with van der Waals surface area (Å²) in [6.45, 7) is 0.637. The van der Waals surface area contributed by atoms with Crippen LogP contribution in [0.2, 0.25) is 0 Å². The van der Waals surface area contributed by atoms with Crippen molar-refractivity contribution in [2.45, 2.75) is 30.6 Å². The number of amides is 1. The number of carbonyl (C=O) groups is 1. The molecule has 0 aliphatic carbocycles. The van der Waals surface area contributed by atoms with Gasteiger partial charge in [0.15, 0.2) is 0 Å². The van der Waals surface area contributed by atoms with Crippen LogP contribution in [-0.2, 0) is 10.0 Å². The van der Waals surface area contributed by atoms with E-state index < -0.39 is 15.9 Å². The molecule has 1 amide bonds. The number of hydrogen-bond donors (Lipinski definition) is 2. The zero-order valence-electron chi connectivity index (χ0n) is 14.2. The number of sulfonamides is 1. The molecule has 1 aromatic heterocycles. The van der Waals surface area contributed by atoms with Crippen LogP contribution in [0.1, 0.15) is 36.2 Å². The van der Waals surface area contributed by atoms with Crippen LogP contribution >= 0.6 is 0 Å². The van der Waals surface area contributed by atoms with Gasteiger partial charge in [-0.05, 0) is 43.2 Å². The summed E-state index contributed by atoms with van der Waals surface area (Å²) in [6, 6.07) is 11.1. The van der Waals surface area contributed by atoms with Gasteiger partial charge < -0.3 is 5.32 Å². The largest absolute Gasteiger partial charge is 0.321 e. The smallest absolute Gasteiger partial charge is 0.274 e. The van der Waals surface area contributed by atoms with Crippen molar-refractivity contribution < 1.29 is 13.2 Å². The predicted octanol–water partition coefficient (Wildman–Crippen LogP) is 2.58. The molecule has 2 N–H and O–H groups in total. The highest BCUT2D eigenvalue weighted by Crippen LogP contribution is 2.17. The molecule has 0 spiro atoms. The highest BCUT2D eigenvalue weighted by Gasteiger charge is 2.18. The molecule has 3 rings (SSSR count). The van der Waals surface area contributed by atoms with E-state index in [0.717, 1.165) is 19.3 Å². The molecule has 8 heteroatoms. The van der Waals surface area contributed by atoms with Gasteiger partial charge in [0, 0.05) is 24.8 Å². The molecule has 0 atom stereocenters. The minimum absolute atomic E-state index is 0.0725. The number of anilines is 1. The maximum Gasteiger partial charge on any atom is 0.274 e. The standard InChI is InChI=1S/C18H20N4O3S/c23-18(16-9-3-5-11-19-16)21-14-7-6-8-15(13-14)26(24,25)22-17-10-2-1-4-12-20-17/h3,5-9,11,13H,1-2,4,10,12H2,(H,20,22)(H,21,23). The van der Waals surface area contributed by atoms with Gasteiger partial charge in [-0.3, -0.25) is 19.5 Å². The van der Waals surface area contributed by atoms with Crippen molar-refractivity contribution in [1.29, 1.82) is 0 Å². The van der Waals surface area contributed by atoms with E-state index in [-0.39, 0.29) is 10.6 Å². The first-order valence-electron chi connectivity index (χ1n) is 8.43. The minimum Gasteiger partial charge on any atom is -0.321 e. The molecule has 1 aliphatic heterocycles. The van der Waals surface area contributed by atoms with E-state index in [4.69, 9.17) is 0 Å². The van der Waals surface area contributed by atoms with Crippen molar-refractivity contribution >= 4 is 27.5 Å². The van der Waals surface area contributed by atoms with Crippen LogP contribution in [-0.4, -0.2) is 31.7 Å². The van der Waals surface area contributed by atoms with Crippen LogP contribution in [0.3, 0.4) is 0 Å². The van der Waals surface area contributed by atoms with Crippen LogP contribution < -0.4 is 10.0 Å². The number of pyridine rings is 1. The van der Waals surface area contributed by atoms with Crippen LogP contribution in [0.4, 0.5) is 5.69 Å². The number of hydrogen-bond acceptors (Lipinski definition) is 5. The van der Waals surface area contributed by atoms with Gasteiger partial charge in [-0.2, -0.15) is 0 Å². The number of carbonyl (C=O) groups excluding carboxylic acids is 1. The highest BCUT2D eigenvalue weighted by atomic mass is 32.2. The van der Waals surface area contributed by atoms with Gasteiger partial charge in [-0.1, -0.05) is 18.6 Å². The topological polar surface area (TPSA) is 101 Å². The third kappa shape index (κ3) is 4.66. The molecule has 26 heavy (non-hydrogen) atoms. The maximum atomic E-state index is 12.6. The molecular formula is C18H20N4O3S. The fourth-order valence-corrected chi connectivity index (χ4v) is 3.74. The van der Waals surface area contributed by atoms with Gasteiger partial charge in [0.2, 0.25) is 0 Å². The summed E-state index contributed by atoms with van der Waals surface area (Å²) in [4.78, 5) is 20.5. The summed E-state index contributed by atoms with van der Waals surface area (Å²) in [5.41, 5.74) is 0.637. The molecule has 136 valence electrons. The summed E-state index contributed by atoms with van der Waals surface area (Å²) < 4.78 is 27.8. The van der Waals surface area contributed by atoms with Crippen LogP contribution in [0.5, 0.6) is 0 Å². The number of aliphatic imine (C=N–C) groups is 1. The van der Waals surface area contributed by atoms with E-state index in [1.807, 2.05) is 0 Å². The average Bonchev–Trinajstić information content (AvgIpc) is 2.91. The Morgan fingerprint density at radius 2 is 1.92 bits per heavy atom. The van der Waals surface area contributed by atoms with Gasteiger partial charge in [-0.25, -0.2) is 8.42 Å². The summed E-state index contributed by atoms with van der Waals surface area (Å²) in [5.74, 6) is 0.0895. The molecule has 2 heterocycles. The Morgan fingerprint density at radius 1 is 1.04 bits per heavy atom. The first-order valence-corrected chi connectivity index (χ1v) is 9.91. The van der Waals surface area contributed by atoms with E-state index in [1.165, 1.54) is 18.3 Å². The van der Waals surface area contributed by atoms with Gasteiger partial charge in [0.05, 0.1) is 4.90 Å². The molecule has 0 saturated carbocycles. The Labute approximate surface area is 152 Å². The highest BCUT2D eigenvalue weighted by molar-refractivity contribution is 7.90. The van der Waals surface area contributed by atoms with E-state index in [9.17, 15) is 13.2 Å². The molecule has 0 fully saturated rings. The molecule has 1 aliphatic rings. The SMILES string of the molecule is O=C(Nc1cccc(S(=O)(=O)NC2=NCCCCC2)c1)c1ccccn1. The average molecular weight is 372 g/mol. The molecular weight excluding hydrogens is 352 g/mol. The number of rotatable bonds is 4. The lowest BCUT2D eigenvalue weighted by Crippen LogP contribution is -2.30. The Kier molecular flexibility index (Phi) is 5.62. The lowest BCUT2D eigenvalue weighted by atomic mass is 10.2. The Balaban J connectivity index is 1.75. The van der Waals surface area contributed by atoms with Gasteiger partial charge in [0.1, 0.15) is 11.5 Å². The Bertz CT molecular complexity index is 911. The second-order valence-electron chi connectivity index (χ2n) is 5.94. The second-order valence-corrected chi connectivity index (χ2v) is 7.62. The van der Waals surface area contributed by atoms with Crippen LogP contribution in [0.15, 0.2) is 58.5 Å². The van der Waals surface area contributed by atoms with Gasteiger partial charge >= 0.3 is 0 Å². The van der Waals surface area contributed by atoms with Gasteiger partial charge in [-0.15, -0.1) is 0 Å². The molecule has 0 unspecified atom stereocenters. The summed E-state index contributed by atoms with van der Waals surface area (Å²) in [7, 11) is -3.75. The zero-order valence-corrected chi connectivity index (χ0v) is 15.0. The number of benzene rings is 1. The van der Waals surface area contributed by atoms with E-state index >= 15 is 0 Å². The quantitative estimate of drug-likeness (QED) is 0.861. The summed E-state index contributed by atoms with van der Waals surface area (Å²) >= 11 is 0. The fraction of sp³-hybridized carbons (Fsp3) is 0.278. The zero-order chi connectivity index (χ0) is 18.4. The molecule has 0 saturated heterocycles. The third-order valence-corrected chi connectivity index (χ3v) is 5.31. The van der Waals surface area contributed by atoms with Crippen LogP contribution in [0.25, 0.3) is 0 Å². The van der Waals surface area contributed by atoms with Crippen molar-refractivity contribution in [2.24, 2.45) is 4.99 Å². The number of aromatic nitrogens is 1. The first kappa shape index (κ1) is 18.1. The number of amidine groups is 1. The summed E-state index contributed by atoms with van der Waals surface area (Å²) in [5, 5.41) is 2.66. The van der Waals surface area contributed by atoms with Gasteiger partial charge in [0.25, 0.3) is 15.9 Å². The van der Waals surface area contributed by atoms with E-state index in [2.05, 4.69) is 20.0 Å². The predicted molar refractivity (Wildman–Crippen MR) is 99.7 cm³/mol. The molecule has 0 radical (unpaired) electrons. The third-order valence-electron chi connectivity index (χ3n) is 3.93. The Morgan fingerprint density at radius 3 is 2.73 bits per heavy atom.